The highest BCUT2D eigenvalue weighted by atomic mass is 16.2. The molecule has 160 valence electrons. The molecule has 2 aliphatic rings. The zero-order chi connectivity index (χ0) is 20.6. The Hall–Kier alpha value is -2.28. The number of urea groups is 1. The number of likely N-dealkylation sites (tertiary alicyclic amines) is 1. The summed E-state index contributed by atoms with van der Waals surface area (Å²) in [4.78, 5) is 28.6. The maximum absolute atomic E-state index is 12.5. The molecule has 1 unspecified atom stereocenters. The van der Waals surface area contributed by atoms with Crippen LogP contribution in [0.1, 0.15) is 39.5 Å². The largest absolute Gasteiger partial charge is 0.360 e. The van der Waals surface area contributed by atoms with E-state index in [0.717, 1.165) is 43.9 Å². The molecule has 0 bridgehead atoms. The molecule has 0 radical (unpaired) electrons. The first-order chi connectivity index (χ1) is 14.1. The van der Waals surface area contributed by atoms with E-state index in [1.165, 1.54) is 12.8 Å². The fraction of sp³-hybridized carbons (Fsp3) is 0.636. The fourth-order valence-electron chi connectivity index (χ4n) is 4.49. The number of rotatable bonds is 8. The molecule has 29 heavy (non-hydrogen) atoms. The minimum Gasteiger partial charge on any atom is -0.360 e. The van der Waals surface area contributed by atoms with Gasteiger partial charge >= 0.3 is 6.03 Å². The van der Waals surface area contributed by atoms with E-state index in [1.807, 2.05) is 29.2 Å². The third kappa shape index (κ3) is 5.85. The summed E-state index contributed by atoms with van der Waals surface area (Å²) in [7, 11) is 0. The van der Waals surface area contributed by atoms with Crippen LogP contribution in [0.2, 0.25) is 0 Å². The number of benzene rings is 1. The Kier molecular flexibility index (Phi) is 7.75. The molecule has 3 N–H and O–H groups in total. The fourth-order valence-corrected chi connectivity index (χ4v) is 4.49. The van der Waals surface area contributed by atoms with Gasteiger partial charge in [0.15, 0.2) is 0 Å². The molecule has 0 aliphatic carbocycles. The van der Waals surface area contributed by atoms with E-state index in [-0.39, 0.29) is 11.9 Å². The molecule has 0 aromatic heterocycles. The predicted molar refractivity (Wildman–Crippen MR) is 117 cm³/mol. The number of anilines is 2. The number of nitrogens with one attached hydrogen (secondary N) is 3. The third-order valence-corrected chi connectivity index (χ3v) is 6.20. The number of amides is 3. The second kappa shape index (κ2) is 10.5. The zero-order valence-corrected chi connectivity index (χ0v) is 17.7. The van der Waals surface area contributed by atoms with Gasteiger partial charge in [0.2, 0.25) is 5.91 Å². The molecular formula is C22H35N5O2. The van der Waals surface area contributed by atoms with E-state index in [1.54, 1.807) is 0 Å². The number of hydrogen-bond acceptors (Lipinski definition) is 4. The highest BCUT2D eigenvalue weighted by molar-refractivity contribution is 5.89. The van der Waals surface area contributed by atoms with Gasteiger partial charge in [0.25, 0.3) is 0 Å². The van der Waals surface area contributed by atoms with Crippen LogP contribution in [0.5, 0.6) is 0 Å². The SMILES string of the molecule is CCC(CC)C(CNC(=O)Nc1ccc(N2CCNC(=O)C2)cc1)N1CCCC1. The smallest absolute Gasteiger partial charge is 0.319 e. The van der Waals surface area contributed by atoms with Crippen molar-refractivity contribution < 1.29 is 9.59 Å². The summed E-state index contributed by atoms with van der Waals surface area (Å²) < 4.78 is 0. The molecule has 1 atom stereocenters. The van der Waals surface area contributed by atoms with Crippen LogP contribution in [0.15, 0.2) is 24.3 Å². The summed E-state index contributed by atoms with van der Waals surface area (Å²) in [5.41, 5.74) is 1.75. The van der Waals surface area contributed by atoms with Crippen LogP contribution >= 0.6 is 0 Å². The average Bonchev–Trinajstić information content (AvgIpc) is 3.26. The number of carbonyl (C=O) groups excluding carboxylic acids is 2. The summed E-state index contributed by atoms with van der Waals surface area (Å²) in [6.07, 6.45) is 4.79. The van der Waals surface area contributed by atoms with Crippen molar-refractivity contribution in [2.45, 2.75) is 45.6 Å². The molecule has 0 saturated carbocycles. The average molecular weight is 402 g/mol. The lowest BCUT2D eigenvalue weighted by molar-refractivity contribution is -0.120. The lowest BCUT2D eigenvalue weighted by Crippen LogP contribution is -2.47. The van der Waals surface area contributed by atoms with Gasteiger partial charge in [0.05, 0.1) is 6.54 Å². The Labute approximate surface area is 174 Å². The van der Waals surface area contributed by atoms with Gasteiger partial charge in [-0.05, 0) is 56.1 Å². The van der Waals surface area contributed by atoms with E-state index >= 15 is 0 Å². The molecule has 2 heterocycles. The van der Waals surface area contributed by atoms with Crippen molar-refractivity contribution in [1.29, 1.82) is 0 Å². The standard InChI is InChI=1S/C22H35N5O2/c1-3-17(4-2)20(26-12-5-6-13-26)15-24-22(29)25-18-7-9-19(10-8-18)27-14-11-23-21(28)16-27/h7-10,17,20H,3-6,11-16H2,1-2H3,(H,23,28)(H2,24,25,29). The molecular weight excluding hydrogens is 366 g/mol. The van der Waals surface area contributed by atoms with Gasteiger partial charge in [0, 0.05) is 37.1 Å². The molecule has 3 amide bonds. The van der Waals surface area contributed by atoms with Crippen LogP contribution < -0.4 is 20.9 Å². The van der Waals surface area contributed by atoms with Crippen LogP contribution in [-0.2, 0) is 4.79 Å². The van der Waals surface area contributed by atoms with Crippen LogP contribution in [0, 0.1) is 5.92 Å². The Morgan fingerprint density at radius 3 is 2.41 bits per heavy atom. The number of carbonyl (C=O) groups is 2. The van der Waals surface area contributed by atoms with Crippen molar-refractivity contribution in [3.05, 3.63) is 24.3 Å². The van der Waals surface area contributed by atoms with Crippen LogP contribution in [0.4, 0.5) is 16.2 Å². The maximum atomic E-state index is 12.5. The molecule has 1 aromatic rings. The van der Waals surface area contributed by atoms with Crippen molar-refractivity contribution in [3.8, 4) is 0 Å². The number of piperazine rings is 1. The van der Waals surface area contributed by atoms with Gasteiger partial charge in [-0.25, -0.2) is 4.79 Å². The molecule has 3 rings (SSSR count). The van der Waals surface area contributed by atoms with Crippen molar-refractivity contribution in [2.75, 3.05) is 49.5 Å². The van der Waals surface area contributed by atoms with Crippen molar-refractivity contribution in [1.82, 2.24) is 15.5 Å². The predicted octanol–water partition coefficient (Wildman–Crippen LogP) is 2.64. The first-order valence-electron chi connectivity index (χ1n) is 11.0. The summed E-state index contributed by atoms with van der Waals surface area (Å²) in [6, 6.07) is 7.92. The highest BCUT2D eigenvalue weighted by Gasteiger charge is 2.27. The monoisotopic (exact) mass is 401 g/mol. The Morgan fingerprint density at radius 1 is 1.10 bits per heavy atom. The van der Waals surface area contributed by atoms with Gasteiger partial charge in [0.1, 0.15) is 0 Å². The molecule has 2 aliphatic heterocycles. The third-order valence-electron chi connectivity index (χ3n) is 6.20. The normalized spacial score (nSPS) is 18.6. The van der Waals surface area contributed by atoms with Crippen molar-refractivity contribution in [3.63, 3.8) is 0 Å². The van der Waals surface area contributed by atoms with Gasteiger partial charge in [-0.3, -0.25) is 9.69 Å². The van der Waals surface area contributed by atoms with E-state index in [9.17, 15) is 9.59 Å². The molecule has 7 nitrogen and oxygen atoms in total. The second-order valence-electron chi connectivity index (χ2n) is 8.04. The van der Waals surface area contributed by atoms with Gasteiger partial charge < -0.3 is 20.9 Å². The van der Waals surface area contributed by atoms with E-state index in [2.05, 4.69) is 34.7 Å². The molecule has 1 aromatic carbocycles. The maximum Gasteiger partial charge on any atom is 0.319 e. The molecule has 2 saturated heterocycles. The molecule has 7 heteroatoms. The summed E-state index contributed by atoms with van der Waals surface area (Å²) in [5.74, 6) is 0.650. The van der Waals surface area contributed by atoms with Crippen molar-refractivity contribution in [2.24, 2.45) is 5.92 Å². The van der Waals surface area contributed by atoms with Crippen molar-refractivity contribution >= 4 is 23.3 Å². The van der Waals surface area contributed by atoms with E-state index < -0.39 is 0 Å². The lowest BCUT2D eigenvalue weighted by Gasteiger charge is -2.33. The first-order valence-corrected chi connectivity index (χ1v) is 11.0. The van der Waals surface area contributed by atoms with E-state index in [4.69, 9.17) is 0 Å². The number of hydrogen-bond donors (Lipinski definition) is 3. The zero-order valence-electron chi connectivity index (χ0n) is 17.7. The van der Waals surface area contributed by atoms with Gasteiger partial charge in [-0.1, -0.05) is 26.7 Å². The minimum atomic E-state index is -0.162. The van der Waals surface area contributed by atoms with Crippen LogP contribution in [0.25, 0.3) is 0 Å². The topological polar surface area (TPSA) is 76.7 Å². The van der Waals surface area contributed by atoms with E-state index in [0.29, 0.717) is 31.6 Å². The quantitative estimate of drug-likeness (QED) is 0.626. The van der Waals surface area contributed by atoms with Crippen LogP contribution in [-0.4, -0.2) is 62.1 Å². The number of nitrogens with zero attached hydrogens (tertiary/aromatic N) is 2. The Balaban J connectivity index is 1.52. The lowest BCUT2D eigenvalue weighted by atomic mass is 9.93. The van der Waals surface area contributed by atoms with Gasteiger partial charge in [-0.15, -0.1) is 0 Å². The van der Waals surface area contributed by atoms with Gasteiger partial charge in [-0.2, -0.15) is 0 Å². The summed E-state index contributed by atoms with van der Waals surface area (Å²) in [6.45, 7) is 9.28. The Morgan fingerprint density at radius 2 is 1.79 bits per heavy atom. The molecule has 2 fully saturated rings. The first kappa shape index (κ1) is 21.4. The molecule has 0 spiro atoms. The second-order valence-corrected chi connectivity index (χ2v) is 8.04. The minimum absolute atomic E-state index is 0.0443. The van der Waals surface area contributed by atoms with Crippen LogP contribution in [0.3, 0.4) is 0 Å². The summed E-state index contributed by atoms with van der Waals surface area (Å²) >= 11 is 0. The summed E-state index contributed by atoms with van der Waals surface area (Å²) in [5, 5.41) is 8.85. The highest BCUT2D eigenvalue weighted by Crippen LogP contribution is 2.23. The Bertz CT molecular complexity index is 666.